The average Bonchev–Trinajstić information content (AvgIpc) is 2.80. The molecule has 8 heteroatoms. The Morgan fingerprint density at radius 2 is 1.56 bits per heavy atom. The number of amides is 3. The summed E-state index contributed by atoms with van der Waals surface area (Å²) in [6, 6.07) is 7.72. The van der Waals surface area contributed by atoms with Crippen molar-refractivity contribution in [2.75, 3.05) is 6.54 Å². The smallest absolute Gasteiger partial charge is 0.251 e. The van der Waals surface area contributed by atoms with Gasteiger partial charge in [0.2, 0.25) is 11.8 Å². The number of carbonyl (C=O) groups is 4. The normalized spacial score (nSPS) is 13.5. The number of hydrogen-bond acceptors (Lipinski definition) is 5. The Balaban J connectivity index is 2.91. The first-order valence-electron chi connectivity index (χ1n) is 12.5. The number of hydrogen-bond donors (Lipinski definition) is 4. The zero-order chi connectivity index (χ0) is 25.3. The third-order valence-corrected chi connectivity index (χ3v) is 5.80. The van der Waals surface area contributed by atoms with E-state index in [9.17, 15) is 19.2 Å². The summed E-state index contributed by atoms with van der Waals surface area (Å²) in [5.41, 5.74) is 11.3. The standard InChI is InChI=1S/C26H42N4O4/c1-3-4-5-9-15-22(30-25(33)20-12-7-6-8-13-20)23(31)18-21(14-10-11-16-27)26(34)29-19(2)17-24(28)32/h6-8,12-13,19,21-22H,3-5,9-11,14-18,27H2,1-2H3,(H2,28,32)(H,29,34)(H,30,33)/t19-,21-,22+/m1/s1. The summed E-state index contributed by atoms with van der Waals surface area (Å²) in [7, 11) is 0. The highest BCUT2D eigenvalue weighted by Gasteiger charge is 2.28. The van der Waals surface area contributed by atoms with Crippen molar-refractivity contribution in [3.63, 3.8) is 0 Å². The molecule has 0 saturated heterocycles. The van der Waals surface area contributed by atoms with E-state index in [4.69, 9.17) is 11.5 Å². The molecule has 190 valence electrons. The zero-order valence-corrected chi connectivity index (χ0v) is 20.7. The lowest BCUT2D eigenvalue weighted by Crippen LogP contribution is -2.44. The summed E-state index contributed by atoms with van der Waals surface area (Å²) in [6.45, 7) is 4.33. The number of primary amides is 1. The molecule has 0 aliphatic carbocycles. The third kappa shape index (κ3) is 11.9. The molecule has 3 atom stereocenters. The van der Waals surface area contributed by atoms with E-state index in [1.54, 1.807) is 31.2 Å². The fourth-order valence-electron chi connectivity index (χ4n) is 3.88. The summed E-state index contributed by atoms with van der Waals surface area (Å²) in [5, 5.41) is 5.69. The number of Topliss-reactive ketones (excluding diaryl/α,β-unsaturated/α-hetero) is 1. The van der Waals surface area contributed by atoms with Gasteiger partial charge >= 0.3 is 0 Å². The Morgan fingerprint density at radius 3 is 2.18 bits per heavy atom. The van der Waals surface area contributed by atoms with Gasteiger partial charge in [-0.15, -0.1) is 0 Å². The molecule has 0 fully saturated rings. The molecule has 6 N–H and O–H groups in total. The Hall–Kier alpha value is -2.74. The molecule has 1 rings (SSSR count). The fourth-order valence-corrected chi connectivity index (χ4v) is 3.88. The summed E-state index contributed by atoms with van der Waals surface area (Å²) in [6.07, 6.45) is 6.49. The minimum Gasteiger partial charge on any atom is -0.370 e. The van der Waals surface area contributed by atoms with E-state index in [-0.39, 0.29) is 30.4 Å². The maximum atomic E-state index is 13.3. The quantitative estimate of drug-likeness (QED) is 0.242. The van der Waals surface area contributed by atoms with Crippen LogP contribution in [0.2, 0.25) is 0 Å². The minimum atomic E-state index is -0.655. The first-order chi connectivity index (χ1) is 16.3. The molecule has 0 heterocycles. The van der Waals surface area contributed by atoms with Crippen LogP contribution in [0.5, 0.6) is 0 Å². The lowest BCUT2D eigenvalue weighted by molar-refractivity contribution is -0.131. The maximum Gasteiger partial charge on any atom is 0.251 e. The molecule has 0 aliphatic rings. The van der Waals surface area contributed by atoms with Crippen LogP contribution in [0.1, 0.15) is 88.4 Å². The molecule has 0 unspecified atom stereocenters. The van der Waals surface area contributed by atoms with Crippen molar-refractivity contribution in [1.29, 1.82) is 0 Å². The molecule has 0 spiro atoms. The predicted octanol–water partition coefficient (Wildman–Crippen LogP) is 2.84. The van der Waals surface area contributed by atoms with Crippen LogP contribution in [0.4, 0.5) is 0 Å². The lowest BCUT2D eigenvalue weighted by Gasteiger charge is -2.23. The van der Waals surface area contributed by atoms with Crippen LogP contribution in [0, 0.1) is 5.92 Å². The maximum absolute atomic E-state index is 13.3. The largest absolute Gasteiger partial charge is 0.370 e. The molecule has 0 aromatic heterocycles. The first kappa shape index (κ1) is 29.3. The Kier molecular flexibility index (Phi) is 14.5. The summed E-state index contributed by atoms with van der Waals surface area (Å²) in [4.78, 5) is 50.1. The highest BCUT2D eigenvalue weighted by atomic mass is 16.2. The number of nitrogens with one attached hydrogen (secondary N) is 2. The van der Waals surface area contributed by atoms with E-state index in [1.807, 2.05) is 6.07 Å². The first-order valence-corrected chi connectivity index (χ1v) is 12.5. The Bertz CT molecular complexity index is 769. The average molecular weight is 475 g/mol. The lowest BCUT2D eigenvalue weighted by atomic mass is 9.90. The van der Waals surface area contributed by atoms with E-state index >= 15 is 0 Å². The monoisotopic (exact) mass is 474 g/mol. The number of carbonyl (C=O) groups excluding carboxylic acids is 4. The minimum absolute atomic E-state index is 0.0210. The van der Waals surface area contributed by atoms with Crippen LogP contribution in [-0.4, -0.2) is 42.1 Å². The number of benzene rings is 1. The van der Waals surface area contributed by atoms with Gasteiger partial charge < -0.3 is 22.1 Å². The molecule has 0 saturated carbocycles. The van der Waals surface area contributed by atoms with Gasteiger partial charge in [0, 0.05) is 30.4 Å². The van der Waals surface area contributed by atoms with Crippen molar-refractivity contribution in [2.24, 2.45) is 17.4 Å². The van der Waals surface area contributed by atoms with Gasteiger partial charge in [-0.05, 0) is 44.9 Å². The molecular weight excluding hydrogens is 432 g/mol. The van der Waals surface area contributed by atoms with Gasteiger partial charge in [-0.25, -0.2) is 0 Å². The van der Waals surface area contributed by atoms with Crippen molar-refractivity contribution in [1.82, 2.24) is 10.6 Å². The van der Waals surface area contributed by atoms with E-state index in [2.05, 4.69) is 17.6 Å². The summed E-state index contributed by atoms with van der Waals surface area (Å²) < 4.78 is 0. The van der Waals surface area contributed by atoms with E-state index < -0.39 is 23.9 Å². The molecule has 34 heavy (non-hydrogen) atoms. The van der Waals surface area contributed by atoms with Crippen molar-refractivity contribution in [2.45, 2.75) is 90.1 Å². The molecule has 1 aromatic carbocycles. The van der Waals surface area contributed by atoms with E-state index in [0.29, 0.717) is 31.4 Å². The van der Waals surface area contributed by atoms with Gasteiger partial charge in [0.1, 0.15) is 0 Å². The van der Waals surface area contributed by atoms with Crippen LogP contribution < -0.4 is 22.1 Å². The Morgan fingerprint density at radius 1 is 0.882 bits per heavy atom. The predicted molar refractivity (Wildman–Crippen MR) is 134 cm³/mol. The second-order valence-corrected chi connectivity index (χ2v) is 8.97. The molecule has 0 aliphatic heterocycles. The van der Waals surface area contributed by atoms with Crippen molar-refractivity contribution >= 4 is 23.5 Å². The third-order valence-electron chi connectivity index (χ3n) is 5.80. The van der Waals surface area contributed by atoms with Gasteiger partial charge in [0.25, 0.3) is 5.91 Å². The molecule has 0 radical (unpaired) electrons. The van der Waals surface area contributed by atoms with Crippen LogP contribution in [0.25, 0.3) is 0 Å². The fraction of sp³-hybridized carbons (Fsp3) is 0.615. The number of nitrogens with two attached hydrogens (primary N) is 2. The second-order valence-electron chi connectivity index (χ2n) is 8.97. The number of ketones is 1. The van der Waals surface area contributed by atoms with E-state index in [1.165, 1.54) is 0 Å². The van der Waals surface area contributed by atoms with Gasteiger partial charge in [-0.1, -0.05) is 57.2 Å². The molecular formula is C26H42N4O4. The summed E-state index contributed by atoms with van der Waals surface area (Å²) in [5.74, 6) is -1.79. The number of unbranched alkanes of at least 4 members (excludes halogenated alkanes) is 4. The van der Waals surface area contributed by atoms with E-state index in [0.717, 1.165) is 32.1 Å². The van der Waals surface area contributed by atoms with Gasteiger partial charge in [0.15, 0.2) is 5.78 Å². The molecule has 8 nitrogen and oxygen atoms in total. The van der Waals surface area contributed by atoms with Crippen molar-refractivity contribution in [3.8, 4) is 0 Å². The second kappa shape index (κ2) is 16.8. The molecule has 3 amide bonds. The molecule has 0 bridgehead atoms. The SMILES string of the molecule is CCCCCC[C@H](NC(=O)c1ccccc1)C(=O)C[C@@H](CCCCN)C(=O)N[C@H](C)CC(N)=O. The van der Waals surface area contributed by atoms with Gasteiger partial charge in [-0.2, -0.15) is 0 Å². The van der Waals surface area contributed by atoms with Gasteiger partial charge in [-0.3, -0.25) is 19.2 Å². The highest BCUT2D eigenvalue weighted by Crippen LogP contribution is 2.18. The Labute approximate surface area is 203 Å². The van der Waals surface area contributed by atoms with Gasteiger partial charge in [0.05, 0.1) is 6.04 Å². The van der Waals surface area contributed by atoms with Crippen LogP contribution >= 0.6 is 0 Å². The van der Waals surface area contributed by atoms with Crippen LogP contribution in [0.15, 0.2) is 30.3 Å². The summed E-state index contributed by atoms with van der Waals surface area (Å²) >= 11 is 0. The zero-order valence-electron chi connectivity index (χ0n) is 20.7. The topological polar surface area (TPSA) is 144 Å². The van der Waals surface area contributed by atoms with Crippen LogP contribution in [-0.2, 0) is 14.4 Å². The molecule has 1 aromatic rings. The van der Waals surface area contributed by atoms with Crippen molar-refractivity contribution < 1.29 is 19.2 Å². The van der Waals surface area contributed by atoms with Crippen LogP contribution in [0.3, 0.4) is 0 Å². The number of rotatable bonds is 18. The highest BCUT2D eigenvalue weighted by molar-refractivity contribution is 5.98. The van der Waals surface area contributed by atoms with Crippen molar-refractivity contribution in [3.05, 3.63) is 35.9 Å².